The second-order valence-corrected chi connectivity index (χ2v) is 5.81. The summed E-state index contributed by atoms with van der Waals surface area (Å²) in [5.74, 6) is 6.69. The Hall–Kier alpha value is -1.24. The maximum absolute atomic E-state index is 11.7. The van der Waals surface area contributed by atoms with Crippen molar-refractivity contribution in [2.45, 2.75) is 18.9 Å². The molecule has 1 aromatic rings. The maximum Gasteiger partial charge on any atom is 0.223 e. The Bertz CT molecular complexity index is 553. The van der Waals surface area contributed by atoms with Crippen molar-refractivity contribution in [3.05, 3.63) is 16.1 Å². The molecule has 0 bridgehead atoms. The van der Waals surface area contributed by atoms with Crippen LogP contribution in [0, 0.1) is 0 Å². The molecule has 0 saturated carbocycles. The fraction of sp³-hybridized carbons (Fsp3) is 0.500. The first-order valence-corrected chi connectivity index (χ1v) is 7.23. The number of halogens is 2. The molecule has 1 amide bonds. The van der Waals surface area contributed by atoms with E-state index in [9.17, 15) is 4.79 Å². The Morgan fingerprint density at radius 3 is 2.90 bits per heavy atom. The van der Waals surface area contributed by atoms with Crippen LogP contribution in [0.2, 0.25) is 10.0 Å². The van der Waals surface area contributed by atoms with Crippen molar-refractivity contribution in [3.63, 3.8) is 0 Å². The summed E-state index contributed by atoms with van der Waals surface area (Å²) in [5, 5.41) is 0.878. The highest BCUT2D eigenvalue weighted by Gasteiger charge is 2.36. The highest BCUT2D eigenvalue weighted by Crippen LogP contribution is 2.33. The summed E-state index contributed by atoms with van der Waals surface area (Å²) in [6.07, 6.45) is 1.53. The number of hydrazine groups is 1. The molecular weight excluding hydrogens is 301 g/mol. The van der Waals surface area contributed by atoms with Crippen molar-refractivity contribution in [1.82, 2.24) is 9.88 Å². The summed E-state index contributed by atoms with van der Waals surface area (Å²) in [6.45, 7) is 2.15. The Kier molecular flexibility index (Phi) is 3.62. The molecule has 2 aliphatic rings. The van der Waals surface area contributed by atoms with Crippen molar-refractivity contribution in [2.24, 2.45) is 5.84 Å². The number of anilines is 2. The minimum atomic E-state index is 0.245. The molecule has 0 radical (unpaired) electrons. The van der Waals surface area contributed by atoms with Crippen molar-refractivity contribution in [2.75, 3.05) is 30.0 Å². The van der Waals surface area contributed by atoms with Crippen molar-refractivity contribution in [1.29, 1.82) is 0 Å². The molecule has 8 heteroatoms. The lowest BCUT2D eigenvalue weighted by molar-refractivity contribution is -0.129. The normalized spacial score (nSPS) is 22.1. The Labute approximate surface area is 126 Å². The van der Waals surface area contributed by atoms with Gasteiger partial charge in [-0.1, -0.05) is 23.2 Å². The standard InChI is InChI=1S/C12H15Cl2N5O/c13-8-5-9(14)12(16-11(8)17-15)18-3-4-19-7(6-18)1-2-10(19)20/h5,7H,1-4,6,15H2,(H,16,17). The number of nitrogens with zero attached hydrogens (tertiary/aromatic N) is 3. The van der Waals surface area contributed by atoms with E-state index in [0.717, 1.165) is 13.0 Å². The molecule has 0 spiro atoms. The maximum atomic E-state index is 11.7. The number of nitrogens with one attached hydrogen (secondary N) is 1. The number of amides is 1. The van der Waals surface area contributed by atoms with Gasteiger partial charge in [-0.15, -0.1) is 0 Å². The van der Waals surface area contributed by atoms with Gasteiger partial charge >= 0.3 is 0 Å². The summed E-state index contributed by atoms with van der Waals surface area (Å²) in [5.41, 5.74) is 2.46. The predicted molar refractivity (Wildman–Crippen MR) is 79.0 cm³/mol. The van der Waals surface area contributed by atoms with Gasteiger partial charge in [-0.05, 0) is 12.5 Å². The molecular formula is C12H15Cl2N5O. The van der Waals surface area contributed by atoms with E-state index in [-0.39, 0.29) is 11.9 Å². The number of aromatic nitrogens is 1. The van der Waals surface area contributed by atoms with Crippen LogP contribution in [0.3, 0.4) is 0 Å². The van der Waals surface area contributed by atoms with E-state index < -0.39 is 0 Å². The van der Waals surface area contributed by atoms with Crippen LogP contribution >= 0.6 is 23.2 Å². The van der Waals surface area contributed by atoms with E-state index in [1.165, 1.54) is 0 Å². The van der Waals surface area contributed by atoms with Gasteiger partial charge in [-0.3, -0.25) is 4.79 Å². The minimum Gasteiger partial charge on any atom is -0.351 e. The van der Waals surface area contributed by atoms with Gasteiger partial charge in [0.05, 0.1) is 10.0 Å². The molecule has 6 nitrogen and oxygen atoms in total. The second-order valence-electron chi connectivity index (χ2n) is 4.99. The second kappa shape index (κ2) is 5.27. The van der Waals surface area contributed by atoms with Gasteiger partial charge in [0.25, 0.3) is 0 Å². The molecule has 2 fully saturated rings. The van der Waals surface area contributed by atoms with Crippen LogP contribution in [0.1, 0.15) is 12.8 Å². The first-order chi connectivity index (χ1) is 9.60. The van der Waals surface area contributed by atoms with Crippen molar-refractivity contribution < 1.29 is 4.79 Å². The Morgan fingerprint density at radius 1 is 1.35 bits per heavy atom. The zero-order valence-electron chi connectivity index (χ0n) is 10.8. The molecule has 1 unspecified atom stereocenters. The average Bonchev–Trinajstić information content (AvgIpc) is 2.80. The van der Waals surface area contributed by atoms with Crippen LogP contribution in [0.4, 0.5) is 11.6 Å². The van der Waals surface area contributed by atoms with Gasteiger partial charge in [-0.25, -0.2) is 10.8 Å². The topological polar surface area (TPSA) is 74.5 Å². The van der Waals surface area contributed by atoms with E-state index in [2.05, 4.69) is 15.3 Å². The fourth-order valence-electron chi connectivity index (χ4n) is 2.84. The first kappa shape index (κ1) is 13.7. The van der Waals surface area contributed by atoms with E-state index in [4.69, 9.17) is 29.0 Å². The molecule has 1 aromatic heterocycles. The van der Waals surface area contributed by atoms with Crippen LogP contribution in [-0.4, -0.2) is 41.5 Å². The van der Waals surface area contributed by atoms with E-state index in [1.807, 2.05) is 4.90 Å². The summed E-state index contributed by atoms with van der Waals surface area (Å²) >= 11 is 12.2. The summed E-state index contributed by atoms with van der Waals surface area (Å²) in [4.78, 5) is 20.1. The quantitative estimate of drug-likeness (QED) is 0.639. The number of nitrogen functional groups attached to an aromatic ring is 1. The zero-order chi connectivity index (χ0) is 14.3. The monoisotopic (exact) mass is 315 g/mol. The number of rotatable bonds is 2. The van der Waals surface area contributed by atoms with Gasteiger partial charge in [0.1, 0.15) is 5.82 Å². The molecule has 3 N–H and O–H groups in total. The number of carbonyl (C=O) groups is 1. The molecule has 3 rings (SSSR count). The van der Waals surface area contributed by atoms with Crippen molar-refractivity contribution in [3.8, 4) is 0 Å². The highest BCUT2D eigenvalue weighted by molar-refractivity contribution is 6.37. The lowest BCUT2D eigenvalue weighted by Gasteiger charge is -2.38. The number of pyridine rings is 1. The SMILES string of the molecule is NNc1nc(N2CCN3C(=O)CCC3C2)c(Cl)cc1Cl. The van der Waals surface area contributed by atoms with Crippen molar-refractivity contribution >= 4 is 40.7 Å². The van der Waals surface area contributed by atoms with Crippen LogP contribution in [0.25, 0.3) is 0 Å². The highest BCUT2D eigenvalue weighted by atomic mass is 35.5. The molecule has 108 valence electrons. The Morgan fingerprint density at radius 2 is 2.15 bits per heavy atom. The lowest BCUT2D eigenvalue weighted by Crippen LogP contribution is -2.51. The molecule has 2 aliphatic heterocycles. The van der Waals surface area contributed by atoms with Crippen LogP contribution in [-0.2, 0) is 4.79 Å². The van der Waals surface area contributed by atoms with E-state index >= 15 is 0 Å². The summed E-state index contributed by atoms with van der Waals surface area (Å²) in [7, 11) is 0. The largest absolute Gasteiger partial charge is 0.351 e. The van der Waals surface area contributed by atoms with Gasteiger partial charge < -0.3 is 15.2 Å². The van der Waals surface area contributed by atoms with Crippen LogP contribution < -0.4 is 16.2 Å². The molecule has 1 atom stereocenters. The van der Waals surface area contributed by atoms with Gasteiger partial charge in [0, 0.05) is 32.1 Å². The zero-order valence-corrected chi connectivity index (χ0v) is 12.3. The Balaban J connectivity index is 1.85. The number of hydrogen-bond donors (Lipinski definition) is 2. The minimum absolute atomic E-state index is 0.245. The molecule has 2 saturated heterocycles. The smallest absolute Gasteiger partial charge is 0.223 e. The molecule has 3 heterocycles. The summed E-state index contributed by atoms with van der Waals surface area (Å²) < 4.78 is 0. The first-order valence-electron chi connectivity index (χ1n) is 6.47. The van der Waals surface area contributed by atoms with E-state index in [0.29, 0.717) is 41.2 Å². The summed E-state index contributed by atoms with van der Waals surface area (Å²) in [6, 6.07) is 1.88. The van der Waals surface area contributed by atoms with Crippen LogP contribution in [0.15, 0.2) is 6.07 Å². The van der Waals surface area contributed by atoms with Gasteiger partial charge in [0.15, 0.2) is 5.82 Å². The van der Waals surface area contributed by atoms with Gasteiger partial charge in [-0.2, -0.15) is 0 Å². The molecule has 0 aromatic carbocycles. The fourth-order valence-corrected chi connectivity index (χ4v) is 3.37. The third-order valence-electron chi connectivity index (χ3n) is 3.84. The average molecular weight is 316 g/mol. The number of fused-ring (bicyclic) bond motifs is 1. The van der Waals surface area contributed by atoms with Crippen LogP contribution in [0.5, 0.6) is 0 Å². The molecule has 0 aliphatic carbocycles. The third kappa shape index (κ3) is 2.28. The predicted octanol–water partition coefficient (Wildman–Crippen LogP) is 1.49. The number of nitrogens with two attached hydrogens (primary N) is 1. The molecule has 20 heavy (non-hydrogen) atoms. The third-order valence-corrected chi connectivity index (χ3v) is 4.41. The van der Waals surface area contributed by atoms with E-state index in [1.54, 1.807) is 6.07 Å². The number of piperazine rings is 1. The number of carbonyl (C=O) groups excluding carboxylic acids is 1. The van der Waals surface area contributed by atoms with Gasteiger partial charge in [0.2, 0.25) is 5.91 Å². The number of hydrogen-bond acceptors (Lipinski definition) is 5. The lowest BCUT2D eigenvalue weighted by atomic mass is 10.1.